The van der Waals surface area contributed by atoms with Gasteiger partial charge in [-0.15, -0.1) is 0 Å². The Kier molecular flexibility index (Phi) is 5.30. The minimum absolute atomic E-state index is 0.0223. The molecule has 1 saturated carbocycles. The standard InChI is InChI=1S/C16H16Cl2N2O3S/c17-14-7-6-13(8-15(14)18)24(21,22)20-16-3-1-2-12(19-16)10-23-9-11-4-5-11/h1-3,6-8,11H,4-5,9-10H2,(H,19,20). The number of ether oxygens (including phenoxy) is 1. The van der Waals surface area contributed by atoms with E-state index in [1.54, 1.807) is 18.2 Å². The average molecular weight is 387 g/mol. The van der Waals surface area contributed by atoms with Crippen LogP contribution in [-0.4, -0.2) is 20.0 Å². The number of hydrogen-bond donors (Lipinski definition) is 1. The van der Waals surface area contributed by atoms with Crippen molar-refractivity contribution in [1.82, 2.24) is 4.98 Å². The van der Waals surface area contributed by atoms with E-state index in [4.69, 9.17) is 27.9 Å². The van der Waals surface area contributed by atoms with Gasteiger partial charge in [-0.05, 0) is 49.1 Å². The number of nitrogens with zero attached hydrogens (tertiary/aromatic N) is 1. The maximum atomic E-state index is 12.4. The van der Waals surface area contributed by atoms with Crippen LogP contribution in [0.4, 0.5) is 5.82 Å². The zero-order chi connectivity index (χ0) is 17.2. The Hall–Kier alpha value is -1.34. The molecule has 5 nitrogen and oxygen atoms in total. The highest BCUT2D eigenvalue weighted by atomic mass is 35.5. The third kappa shape index (κ3) is 4.60. The molecule has 0 radical (unpaired) electrons. The van der Waals surface area contributed by atoms with Crippen LogP contribution in [-0.2, 0) is 21.4 Å². The lowest BCUT2D eigenvalue weighted by molar-refractivity contribution is 0.109. The molecule has 0 atom stereocenters. The molecule has 1 aliphatic carbocycles. The second-order valence-electron chi connectivity index (χ2n) is 5.65. The minimum Gasteiger partial charge on any atom is -0.375 e. The molecule has 0 aliphatic heterocycles. The molecule has 0 amide bonds. The Balaban J connectivity index is 1.70. The van der Waals surface area contributed by atoms with Gasteiger partial charge in [0.2, 0.25) is 0 Å². The van der Waals surface area contributed by atoms with E-state index in [0.717, 1.165) is 6.61 Å². The number of sulfonamides is 1. The van der Waals surface area contributed by atoms with E-state index in [9.17, 15) is 8.42 Å². The summed E-state index contributed by atoms with van der Waals surface area (Å²) < 4.78 is 32.8. The fourth-order valence-corrected chi connectivity index (χ4v) is 3.46. The van der Waals surface area contributed by atoms with Gasteiger partial charge in [-0.3, -0.25) is 4.72 Å². The third-order valence-electron chi connectivity index (χ3n) is 3.55. The van der Waals surface area contributed by atoms with Gasteiger partial charge in [0, 0.05) is 6.61 Å². The molecular weight excluding hydrogens is 371 g/mol. The molecule has 0 unspecified atom stereocenters. The first kappa shape index (κ1) is 17.5. The fourth-order valence-electron chi connectivity index (χ4n) is 2.07. The molecule has 128 valence electrons. The van der Waals surface area contributed by atoms with Crippen LogP contribution in [0.1, 0.15) is 18.5 Å². The second kappa shape index (κ2) is 7.27. The summed E-state index contributed by atoms with van der Waals surface area (Å²) >= 11 is 11.7. The van der Waals surface area contributed by atoms with Gasteiger partial charge in [0.05, 0.1) is 27.2 Å². The van der Waals surface area contributed by atoms with Crippen molar-refractivity contribution in [1.29, 1.82) is 0 Å². The topological polar surface area (TPSA) is 68.3 Å². The zero-order valence-electron chi connectivity index (χ0n) is 12.7. The van der Waals surface area contributed by atoms with Crippen molar-refractivity contribution in [3.8, 4) is 0 Å². The molecule has 8 heteroatoms. The molecule has 1 aromatic heterocycles. The molecule has 0 saturated heterocycles. The first-order valence-electron chi connectivity index (χ1n) is 7.45. The Bertz CT molecular complexity index is 839. The predicted molar refractivity (Wildman–Crippen MR) is 93.9 cm³/mol. The van der Waals surface area contributed by atoms with Crippen LogP contribution in [0.3, 0.4) is 0 Å². The van der Waals surface area contributed by atoms with Gasteiger partial charge in [0.15, 0.2) is 0 Å². The Morgan fingerprint density at radius 3 is 2.67 bits per heavy atom. The lowest BCUT2D eigenvalue weighted by Gasteiger charge is -2.09. The van der Waals surface area contributed by atoms with Crippen LogP contribution in [0.25, 0.3) is 0 Å². The third-order valence-corrected chi connectivity index (χ3v) is 5.64. The summed E-state index contributed by atoms with van der Waals surface area (Å²) in [6, 6.07) is 9.24. The van der Waals surface area contributed by atoms with E-state index in [2.05, 4.69) is 9.71 Å². The number of nitrogens with one attached hydrogen (secondary N) is 1. The summed E-state index contributed by atoms with van der Waals surface area (Å²) in [5, 5.41) is 0.471. The highest BCUT2D eigenvalue weighted by Crippen LogP contribution is 2.29. The summed E-state index contributed by atoms with van der Waals surface area (Å²) in [5.74, 6) is 0.898. The first-order chi connectivity index (χ1) is 11.4. The number of benzene rings is 1. The second-order valence-corrected chi connectivity index (χ2v) is 8.15. The highest BCUT2D eigenvalue weighted by molar-refractivity contribution is 7.92. The number of hydrogen-bond acceptors (Lipinski definition) is 4. The smallest absolute Gasteiger partial charge is 0.263 e. The lowest BCUT2D eigenvalue weighted by atomic mass is 10.3. The largest absolute Gasteiger partial charge is 0.375 e. The van der Waals surface area contributed by atoms with E-state index in [1.807, 2.05) is 0 Å². The number of aromatic nitrogens is 1. The monoisotopic (exact) mass is 386 g/mol. The van der Waals surface area contributed by atoms with Gasteiger partial charge < -0.3 is 4.74 Å². The lowest BCUT2D eigenvalue weighted by Crippen LogP contribution is -2.14. The maximum Gasteiger partial charge on any atom is 0.263 e. The van der Waals surface area contributed by atoms with Crippen molar-refractivity contribution >= 4 is 39.0 Å². The van der Waals surface area contributed by atoms with Gasteiger partial charge in [-0.2, -0.15) is 0 Å². The number of anilines is 1. The molecule has 1 heterocycles. The Morgan fingerprint density at radius 1 is 1.17 bits per heavy atom. The van der Waals surface area contributed by atoms with Gasteiger partial charge in [0.25, 0.3) is 10.0 Å². The van der Waals surface area contributed by atoms with Crippen LogP contribution in [0.5, 0.6) is 0 Å². The van der Waals surface area contributed by atoms with Crippen molar-refractivity contribution in [3.63, 3.8) is 0 Å². The van der Waals surface area contributed by atoms with Crippen molar-refractivity contribution in [3.05, 3.63) is 52.1 Å². The van der Waals surface area contributed by atoms with E-state index in [0.29, 0.717) is 23.2 Å². The molecule has 24 heavy (non-hydrogen) atoms. The van der Waals surface area contributed by atoms with Crippen LogP contribution < -0.4 is 4.72 Å². The minimum atomic E-state index is -3.79. The molecule has 2 aromatic rings. The summed E-state index contributed by atoms with van der Waals surface area (Å²) in [7, 11) is -3.79. The first-order valence-corrected chi connectivity index (χ1v) is 9.69. The van der Waals surface area contributed by atoms with Crippen LogP contribution in [0.15, 0.2) is 41.3 Å². The van der Waals surface area contributed by atoms with Crippen LogP contribution in [0.2, 0.25) is 10.0 Å². The number of pyridine rings is 1. The summed E-state index contributed by atoms with van der Waals surface area (Å²) in [6.07, 6.45) is 2.44. The van der Waals surface area contributed by atoms with Gasteiger partial charge >= 0.3 is 0 Å². The quantitative estimate of drug-likeness (QED) is 0.776. The molecule has 3 rings (SSSR count). The molecule has 1 N–H and O–H groups in total. The number of rotatable bonds is 7. The molecule has 0 bridgehead atoms. The van der Waals surface area contributed by atoms with Gasteiger partial charge in [0.1, 0.15) is 5.82 Å². The molecule has 1 fully saturated rings. The average Bonchev–Trinajstić information content (AvgIpc) is 3.34. The Morgan fingerprint density at radius 2 is 1.96 bits per heavy atom. The predicted octanol–water partition coefficient (Wildman–Crippen LogP) is 4.12. The summed E-state index contributed by atoms with van der Waals surface area (Å²) in [6.45, 7) is 1.08. The van der Waals surface area contributed by atoms with Crippen molar-refractivity contribution in [2.75, 3.05) is 11.3 Å². The molecular formula is C16H16Cl2N2O3S. The number of halogens is 2. The summed E-state index contributed by atoms with van der Waals surface area (Å²) in [5.41, 5.74) is 0.671. The van der Waals surface area contributed by atoms with E-state index >= 15 is 0 Å². The molecule has 1 aliphatic rings. The highest BCUT2D eigenvalue weighted by Gasteiger charge is 2.21. The summed E-state index contributed by atoms with van der Waals surface area (Å²) in [4.78, 5) is 4.29. The van der Waals surface area contributed by atoms with Crippen molar-refractivity contribution in [2.45, 2.75) is 24.3 Å². The maximum absolute atomic E-state index is 12.4. The van der Waals surface area contributed by atoms with E-state index in [1.165, 1.54) is 31.0 Å². The van der Waals surface area contributed by atoms with E-state index in [-0.39, 0.29) is 15.7 Å². The van der Waals surface area contributed by atoms with Crippen molar-refractivity contribution < 1.29 is 13.2 Å². The van der Waals surface area contributed by atoms with Gasteiger partial charge in [-0.25, -0.2) is 13.4 Å². The normalized spacial score (nSPS) is 14.6. The van der Waals surface area contributed by atoms with Crippen LogP contribution in [0, 0.1) is 5.92 Å². The SMILES string of the molecule is O=S(=O)(Nc1cccc(COCC2CC2)n1)c1ccc(Cl)c(Cl)c1. The van der Waals surface area contributed by atoms with Crippen LogP contribution >= 0.6 is 23.2 Å². The zero-order valence-corrected chi connectivity index (χ0v) is 15.0. The Labute approximate surface area is 151 Å². The molecule has 1 aromatic carbocycles. The fraction of sp³-hybridized carbons (Fsp3) is 0.312. The van der Waals surface area contributed by atoms with Gasteiger partial charge in [-0.1, -0.05) is 29.3 Å². The van der Waals surface area contributed by atoms with Crippen molar-refractivity contribution in [2.24, 2.45) is 5.92 Å². The molecule has 0 spiro atoms. The van der Waals surface area contributed by atoms with E-state index < -0.39 is 10.0 Å².